The van der Waals surface area contributed by atoms with Crippen LogP contribution in [0.4, 0.5) is 4.79 Å². The number of nitrogens with zero attached hydrogens (tertiary/aromatic N) is 2. The first-order chi connectivity index (χ1) is 11.8. The molecule has 2 spiro atoms. The van der Waals surface area contributed by atoms with Crippen LogP contribution < -0.4 is 4.74 Å². The average molecular weight is 350 g/mol. The minimum atomic E-state index is -2.31. The van der Waals surface area contributed by atoms with Crippen LogP contribution >= 0.6 is 0 Å². The SMILES string of the molecule is [B]C(O)(Oc1ccn(C(=O)OC(C)(C)C)n1)C([B])([B])C1C2(CC2)C12CC2. The number of aromatic nitrogens is 2. The van der Waals surface area contributed by atoms with Crippen molar-refractivity contribution in [2.24, 2.45) is 16.7 Å². The Balaban J connectivity index is 1.48. The molecule has 4 rings (SSSR count). The predicted octanol–water partition coefficient (Wildman–Crippen LogP) is 1.50. The van der Waals surface area contributed by atoms with Gasteiger partial charge in [-0.1, -0.05) is 0 Å². The van der Waals surface area contributed by atoms with Gasteiger partial charge in [-0.3, -0.25) is 0 Å². The lowest BCUT2D eigenvalue weighted by atomic mass is 9.42. The third-order valence-electron chi connectivity index (χ3n) is 6.09. The van der Waals surface area contributed by atoms with Crippen molar-refractivity contribution in [1.82, 2.24) is 9.78 Å². The van der Waals surface area contributed by atoms with Crippen molar-refractivity contribution in [3.63, 3.8) is 0 Å². The Morgan fingerprint density at radius 1 is 1.23 bits per heavy atom. The molecule has 1 aromatic heterocycles. The molecule has 3 fully saturated rings. The quantitative estimate of drug-likeness (QED) is 0.658. The second kappa shape index (κ2) is 4.92. The first kappa shape index (κ1) is 18.0. The summed E-state index contributed by atoms with van der Waals surface area (Å²) in [6.07, 6.45) is 4.95. The zero-order chi connectivity index (χ0) is 19.2. The van der Waals surface area contributed by atoms with Crippen molar-refractivity contribution >= 4 is 29.6 Å². The molecule has 1 N–H and O–H groups in total. The van der Waals surface area contributed by atoms with Crippen LogP contribution in [-0.4, -0.2) is 55.8 Å². The maximum Gasteiger partial charge on any atom is 0.435 e. The summed E-state index contributed by atoms with van der Waals surface area (Å²) in [6, 6.07) is 1.39. The summed E-state index contributed by atoms with van der Waals surface area (Å²) in [5.41, 5.74) is -2.72. The first-order valence-electron chi connectivity index (χ1n) is 8.92. The van der Waals surface area contributed by atoms with E-state index >= 15 is 0 Å². The molecular weight excluding hydrogens is 329 g/mol. The third kappa shape index (κ3) is 2.46. The highest BCUT2D eigenvalue weighted by Gasteiger charge is 2.89. The summed E-state index contributed by atoms with van der Waals surface area (Å²) in [7, 11) is 18.5. The summed E-state index contributed by atoms with van der Waals surface area (Å²) >= 11 is 0. The summed E-state index contributed by atoms with van der Waals surface area (Å²) in [4.78, 5) is 12.0. The minimum Gasteiger partial charge on any atom is -0.455 e. The molecule has 0 aliphatic heterocycles. The number of hydrogen-bond acceptors (Lipinski definition) is 5. The smallest absolute Gasteiger partial charge is 0.435 e. The number of hydrogen-bond donors (Lipinski definition) is 1. The van der Waals surface area contributed by atoms with Gasteiger partial charge in [0.1, 0.15) is 11.3 Å². The molecule has 3 saturated carbocycles. The van der Waals surface area contributed by atoms with Crippen LogP contribution in [0.15, 0.2) is 12.3 Å². The second-order valence-electron chi connectivity index (χ2n) is 9.06. The molecule has 3 aliphatic rings. The molecule has 1 aromatic rings. The van der Waals surface area contributed by atoms with Crippen LogP contribution in [0, 0.1) is 16.7 Å². The van der Waals surface area contributed by atoms with Crippen LogP contribution in [0.1, 0.15) is 46.5 Å². The number of ether oxygens (including phenoxy) is 2. The maximum atomic E-state index is 12.0. The highest BCUT2D eigenvalue weighted by atomic mass is 16.6. The fraction of sp³-hybridized carbons (Fsp3) is 0.765. The van der Waals surface area contributed by atoms with E-state index in [0.29, 0.717) is 0 Å². The van der Waals surface area contributed by atoms with Gasteiger partial charge in [0.05, 0.1) is 15.7 Å². The van der Waals surface area contributed by atoms with Gasteiger partial charge < -0.3 is 14.6 Å². The van der Waals surface area contributed by atoms with Gasteiger partial charge in [-0.05, 0) is 68.4 Å². The summed E-state index contributed by atoms with van der Waals surface area (Å²) in [5, 5.41) is 13.0. The number of rotatable bonds is 4. The Labute approximate surface area is 157 Å². The predicted molar refractivity (Wildman–Crippen MR) is 96.2 cm³/mol. The van der Waals surface area contributed by atoms with Crippen molar-refractivity contribution in [3.05, 3.63) is 12.3 Å². The largest absolute Gasteiger partial charge is 0.455 e. The molecular formula is C17H21B3N2O4. The van der Waals surface area contributed by atoms with E-state index in [0.717, 1.165) is 30.4 Å². The Morgan fingerprint density at radius 3 is 2.23 bits per heavy atom. The Bertz CT molecular complexity index is 742. The number of carbonyl (C=O) groups excluding carboxylic acids is 1. The highest BCUT2D eigenvalue weighted by Crippen LogP contribution is 2.96. The van der Waals surface area contributed by atoms with E-state index in [4.69, 9.17) is 33.0 Å². The van der Waals surface area contributed by atoms with Crippen LogP contribution in [0.25, 0.3) is 0 Å². The molecule has 1 heterocycles. The molecule has 132 valence electrons. The lowest BCUT2D eigenvalue weighted by Gasteiger charge is -2.42. The summed E-state index contributed by atoms with van der Waals surface area (Å²) < 4.78 is 11.6. The average Bonchev–Trinajstić information content (AvgIpc) is 3.42. The number of aliphatic hydroxyl groups is 1. The lowest BCUT2D eigenvalue weighted by Crippen LogP contribution is -2.51. The zero-order valence-electron chi connectivity index (χ0n) is 15.4. The van der Waals surface area contributed by atoms with Crippen LogP contribution in [0.5, 0.6) is 5.88 Å². The van der Waals surface area contributed by atoms with Gasteiger partial charge in [-0.2, -0.15) is 4.68 Å². The first-order valence-corrected chi connectivity index (χ1v) is 8.92. The molecule has 3 aliphatic carbocycles. The molecule has 0 amide bonds. The van der Waals surface area contributed by atoms with Gasteiger partial charge >= 0.3 is 6.09 Å². The normalized spacial score (nSPS) is 24.9. The van der Waals surface area contributed by atoms with Crippen molar-refractivity contribution in [1.29, 1.82) is 0 Å². The fourth-order valence-electron chi connectivity index (χ4n) is 4.72. The minimum absolute atomic E-state index is 0.0588. The Kier molecular flexibility index (Phi) is 3.41. The molecule has 6 nitrogen and oxygen atoms in total. The summed E-state index contributed by atoms with van der Waals surface area (Å²) in [5.74, 6) is -0.137. The maximum absolute atomic E-state index is 12.0. The zero-order valence-corrected chi connectivity index (χ0v) is 15.4. The van der Waals surface area contributed by atoms with E-state index in [9.17, 15) is 9.90 Å². The molecule has 0 saturated heterocycles. The van der Waals surface area contributed by atoms with E-state index in [1.54, 1.807) is 20.8 Å². The van der Waals surface area contributed by atoms with Crippen molar-refractivity contribution in [2.75, 3.05) is 0 Å². The van der Waals surface area contributed by atoms with Gasteiger partial charge in [0.2, 0.25) is 5.88 Å². The molecule has 0 aromatic carbocycles. The van der Waals surface area contributed by atoms with Gasteiger partial charge in [0, 0.05) is 12.3 Å². The molecule has 6 radical (unpaired) electrons. The molecule has 1 unspecified atom stereocenters. The second-order valence-corrected chi connectivity index (χ2v) is 9.06. The number of carbonyl (C=O) groups is 1. The molecule has 0 bridgehead atoms. The Hall–Kier alpha value is -1.37. The van der Waals surface area contributed by atoms with Gasteiger partial charge in [-0.25, -0.2) is 4.79 Å². The van der Waals surface area contributed by atoms with Gasteiger partial charge in [0.25, 0.3) is 0 Å². The topological polar surface area (TPSA) is 73.6 Å². The molecule has 9 heteroatoms. The highest BCUT2D eigenvalue weighted by molar-refractivity contribution is 6.45. The van der Waals surface area contributed by atoms with E-state index in [1.165, 1.54) is 12.3 Å². The van der Waals surface area contributed by atoms with Crippen LogP contribution in [0.2, 0.25) is 5.21 Å². The van der Waals surface area contributed by atoms with E-state index in [1.807, 2.05) is 0 Å². The monoisotopic (exact) mass is 350 g/mol. The standard InChI is InChI=1S/C17H21B3N2O4/c1-13(2,3)26-12(23)22-9-4-10(21-22)25-17(20,24)16(18,19)11-14(5-6-14)15(11)7-8-15/h4,9,11,24H,5-8H2,1-3H3. The summed E-state index contributed by atoms with van der Waals surface area (Å²) in [6.45, 7) is 5.25. The van der Waals surface area contributed by atoms with Crippen molar-refractivity contribution in [2.45, 2.75) is 63.0 Å². The lowest BCUT2D eigenvalue weighted by molar-refractivity contribution is -0.0869. The number of fused-ring (bicyclic) bond motifs is 1. The third-order valence-corrected chi connectivity index (χ3v) is 6.09. The van der Waals surface area contributed by atoms with Crippen molar-refractivity contribution in [3.8, 4) is 5.88 Å². The van der Waals surface area contributed by atoms with Gasteiger partial charge in [-0.15, -0.1) is 5.10 Å². The van der Waals surface area contributed by atoms with Crippen LogP contribution in [-0.2, 0) is 4.74 Å². The van der Waals surface area contributed by atoms with E-state index < -0.39 is 22.6 Å². The fourth-order valence-corrected chi connectivity index (χ4v) is 4.72. The molecule has 1 atom stereocenters. The van der Waals surface area contributed by atoms with Gasteiger partial charge in [0.15, 0.2) is 7.85 Å². The van der Waals surface area contributed by atoms with Crippen LogP contribution in [0.3, 0.4) is 0 Å². The Morgan fingerprint density at radius 2 is 1.77 bits per heavy atom. The molecule has 26 heavy (non-hydrogen) atoms. The van der Waals surface area contributed by atoms with E-state index in [2.05, 4.69) is 5.10 Å². The van der Waals surface area contributed by atoms with Crippen molar-refractivity contribution < 1.29 is 19.4 Å². The van der Waals surface area contributed by atoms with E-state index in [-0.39, 0.29) is 22.6 Å².